The van der Waals surface area contributed by atoms with Gasteiger partial charge in [-0.3, -0.25) is 0 Å². The lowest BCUT2D eigenvalue weighted by atomic mass is 9.92. The number of rotatable bonds is 4. The summed E-state index contributed by atoms with van der Waals surface area (Å²) in [5, 5.41) is 0. The minimum absolute atomic E-state index is 0.486. The molecule has 1 saturated carbocycles. The van der Waals surface area contributed by atoms with Crippen LogP contribution in [0.5, 0.6) is 5.75 Å². The fourth-order valence-electron chi connectivity index (χ4n) is 3.12. The maximum absolute atomic E-state index is 5.33. The Labute approximate surface area is 125 Å². The Bertz CT molecular complexity index is 394. The number of aryl methyl sites for hydroxylation is 1. The van der Waals surface area contributed by atoms with Gasteiger partial charge in [0.05, 0.1) is 7.11 Å². The summed E-state index contributed by atoms with van der Waals surface area (Å²) in [7, 11) is 1.74. The highest BCUT2D eigenvalue weighted by atomic mass is 79.9. The van der Waals surface area contributed by atoms with Crippen LogP contribution in [0.15, 0.2) is 18.2 Å². The molecule has 1 atom stereocenters. The molecule has 1 aliphatic carbocycles. The molecule has 1 aromatic rings. The predicted octanol–water partition coefficient (Wildman–Crippen LogP) is 5.80. The Morgan fingerprint density at radius 3 is 2.47 bits per heavy atom. The van der Waals surface area contributed by atoms with Gasteiger partial charge in [-0.25, -0.2) is 0 Å². The number of benzene rings is 1. The summed E-state index contributed by atoms with van der Waals surface area (Å²) in [5.74, 6) is 1.88. The molecule has 1 aromatic carbocycles. The molecule has 0 aliphatic heterocycles. The van der Waals surface area contributed by atoms with Gasteiger partial charge in [-0.1, -0.05) is 66.6 Å². The van der Waals surface area contributed by atoms with Gasteiger partial charge in [0.2, 0.25) is 0 Å². The third-order valence-corrected chi connectivity index (χ3v) is 5.20. The second kappa shape index (κ2) is 7.33. The molecule has 1 fully saturated rings. The zero-order chi connectivity index (χ0) is 13.7. The van der Waals surface area contributed by atoms with E-state index in [0.717, 1.165) is 11.7 Å². The first kappa shape index (κ1) is 14.9. The summed E-state index contributed by atoms with van der Waals surface area (Å²) in [6, 6.07) is 6.54. The minimum Gasteiger partial charge on any atom is -0.496 e. The summed E-state index contributed by atoms with van der Waals surface area (Å²) in [6.45, 7) is 2.12. The molecular formula is C17H25BrO. The van der Waals surface area contributed by atoms with Crippen molar-refractivity contribution in [3.05, 3.63) is 29.3 Å². The monoisotopic (exact) mass is 324 g/mol. The molecule has 19 heavy (non-hydrogen) atoms. The van der Waals surface area contributed by atoms with Gasteiger partial charge in [-0.05, 0) is 36.5 Å². The molecule has 0 heterocycles. The lowest BCUT2D eigenvalue weighted by molar-refractivity contribution is 0.410. The van der Waals surface area contributed by atoms with Crippen LogP contribution in [0.1, 0.15) is 60.9 Å². The smallest absolute Gasteiger partial charge is 0.121 e. The molecule has 0 aromatic heterocycles. The molecule has 0 bridgehead atoms. The predicted molar refractivity (Wildman–Crippen MR) is 85.2 cm³/mol. The Morgan fingerprint density at radius 2 is 1.89 bits per heavy atom. The largest absolute Gasteiger partial charge is 0.496 e. The van der Waals surface area contributed by atoms with E-state index in [9.17, 15) is 0 Å². The quantitative estimate of drug-likeness (QED) is 0.502. The van der Waals surface area contributed by atoms with E-state index in [1.165, 1.54) is 56.1 Å². The first-order chi connectivity index (χ1) is 9.20. The van der Waals surface area contributed by atoms with Gasteiger partial charge in [0.1, 0.15) is 5.75 Å². The molecule has 0 amide bonds. The van der Waals surface area contributed by atoms with Gasteiger partial charge >= 0.3 is 0 Å². The van der Waals surface area contributed by atoms with Gasteiger partial charge in [0.25, 0.3) is 0 Å². The highest BCUT2D eigenvalue weighted by Gasteiger charge is 2.18. The van der Waals surface area contributed by atoms with Crippen molar-refractivity contribution < 1.29 is 4.74 Å². The van der Waals surface area contributed by atoms with Crippen LogP contribution in [0.25, 0.3) is 0 Å². The number of alkyl halides is 1. The fraction of sp³-hybridized carbons (Fsp3) is 0.647. The van der Waals surface area contributed by atoms with Crippen molar-refractivity contribution in [3.63, 3.8) is 0 Å². The van der Waals surface area contributed by atoms with Gasteiger partial charge < -0.3 is 4.74 Å². The van der Waals surface area contributed by atoms with Crippen molar-refractivity contribution in [1.29, 1.82) is 0 Å². The molecule has 0 spiro atoms. The van der Waals surface area contributed by atoms with Crippen LogP contribution in [0.2, 0.25) is 0 Å². The number of hydrogen-bond acceptors (Lipinski definition) is 1. The molecule has 0 saturated heterocycles. The van der Waals surface area contributed by atoms with Crippen LogP contribution < -0.4 is 4.74 Å². The topological polar surface area (TPSA) is 9.23 Å². The zero-order valence-corrected chi connectivity index (χ0v) is 13.7. The average Bonchev–Trinajstić information content (AvgIpc) is 2.67. The molecule has 106 valence electrons. The molecule has 0 radical (unpaired) electrons. The van der Waals surface area contributed by atoms with E-state index < -0.39 is 0 Å². The van der Waals surface area contributed by atoms with Crippen molar-refractivity contribution in [3.8, 4) is 5.75 Å². The molecule has 1 aliphatic rings. The molecule has 2 heteroatoms. The lowest BCUT2D eigenvalue weighted by Crippen LogP contribution is -2.03. The first-order valence-corrected chi connectivity index (χ1v) is 8.41. The SMILES string of the molecule is COc1ccc(C(Br)CC2CCCCCC2)cc1C. The Kier molecular flexibility index (Phi) is 5.75. The summed E-state index contributed by atoms with van der Waals surface area (Å²) in [5.41, 5.74) is 2.62. The van der Waals surface area contributed by atoms with Crippen LogP contribution in [-0.2, 0) is 0 Å². The average molecular weight is 325 g/mol. The van der Waals surface area contributed by atoms with E-state index in [0.29, 0.717) is 4.83 Å². The van der Waals surface area contributed by atoms with E-state index in [1.807, 2.05) is 0 Å². The Morgan fingerprint density at radius 1 is 1.21 bits per heavy atom. The third-order valence-electron chi connectivity index (χ3n) is 4.30. The molecule has 1 unspecified atom stereocenters. The van der Waals surface area contributed by atoms with Crippen LogP contribution in [0, 0.1) is 12.8 Å². The summed E-state index contributed by atoms with van der Waals surface area (Å²) in [4.78, 5) is 0.486. The van der Waals surface area contributed by atoms with Crippen molar-refractivity contribution >= 4 is 15.9 Å². The molecule has 2 rings (SSSR count). The van der Waals surface area contributed by atoms with Gasteiger partial charge in [0.15, 0.2) is 0 Å². The van der Waals surface area contributed by atoms with E-state index in [2.05, 4.69) is 41.1 Å². The fourth-order valence-corrected chi connectivity index (χ4v) is 3.94. The number of ether oxygens (including phenoxy) is 1. The minimum atomic E-state index is 0.486. The third kappa shape index (κ3) is 4.24. The van der Waals surface area contributed by atoms with Crippen LogP contribution in [-0.4, -0.2) is 7.11 Å². The maximum atomic E-state index is 5.33. The van der Waals surface area contributed by atoms with E-state index >= 15 is 0 Å². The molecule has 1 nitrogen and oxygen atoms in total. The zero-order valence-electron chi connectivity index (χ0n) is 12.1. The van der Waals surface area contributed by atoms with Crippen LogP contribution in [0.3, 0.4) is 0 Å². The van der Waals surface area contributed by atoms with E-state index in [-0.39, 0.29) is 0 Å². The van der Waals surface area contributed by atoms with Crippen molar-refractivity contribution in [1.82, 2.24) is 0 Å². The Hall–Kier alpha value is -0.500. The Balaban J connectivity index is 1.98. The highest BCUT2D eigenvalue weighted by molar-refractivity contribution is 9.09. The molecule has 0 N–H and O–H groups in total. The van der Waals surface area contributed by atoms with E-state index in [4.69, 9.17) is 4.74 Å². The van der Waals surface area contributed by atoms with Crippen molar-refractivity contribution in [2.24, 2.45) is 5.92 Å². The van der Waals surface area contributed by atoms with Crippen molar-refractivity contribution in [2.75, 3.05) is 7.11 Å². The summed E-state index contributed by atoms with van der Waals surface area (Å²) in [6.07, 6.45) is 9.81. The van der Waals surface area contributed by atoms with Crippen LogP contribution >= 0.6 is 15.9 Å². The first-order valence-electron chi connectivity index (χ1n) is 7.49. The van der Waals surface area contributed by atoms with Crippen LogP contribution in [0.4, 0.5) is 0 Å². The normalized spacial score (nSPS) is 18.9. The summed E-state index contributed by atoms with van der Waals surface area (Å²) >= 11 is 3.89. The van der Waals surface area contributed by atoms with Gasteiger partial charge in [-0.15, -0.1) is 0 Å². The summed E-state index contributed by atoms with van der Waals surface area (Å²) < 4.78 is 5.33. The lowest BCUT2D eigenvalue weighted by Gasteiger charge is -2.19. The second-order valence-corrected chi connectivity index (χ2v) is 6.90. The standard InChI is InChI=1S/C17H25BrO/c1-13-11-15(9-10-17(13)19-2)16(18)12-14-7-5-3-4-6-8-14/h9-11,14,16H,3-8,12H2,1-2H3. The van der Waals surface area contributed by atoms with Gasteiger partial charge in [-0.2, -0.15) is 0 Å². The number of halogens is 1. The number of hydrogen-bond donors (Lipinski definition) is 0. The molecular weight excluding hydrogens is 300 g/mol. The maximum Gasteiger partial charge on any atom is 0.121 e. The number of methoxy groups -OCH3 is 1. The van der Waals surface area contributed by atoms with E-state index in [1.54, 1.807) is 7.11 Å². The van der Waals surface area contributed by atoms with Crippen molar-refractivity contribution in [2.45, 2.75) is 56.7 Å². The van der Waals surface area contributed by atoms with Gasteiger partial charge in [0, 0.05) is 4.83 Å². The highest BCUT2D eigenvalue weighted by Crippen LogP contribution is 2.36. The second-order valence-electron chi connectivity index (χ2n) is 5.79.